The van der Waals surface area contributed by atoms with Gasteiger partial charge in [-0.05, 0) is 37.3 Å². The zero-order valence-corrected chi connectivity index (χ0v) is 11.9. The topological polar surface area (TPSA) is 64.9 Å². The predicted octanol–water partition coefficient (Wildman–Crippen LogP) is 3.59. The molecule has 0 atom stereocenters. The number of carbonyl (C=O) groups is 1. The normalized spacial score (nSPS) is 10.7. The van der Waals surface area contributed by atoms with Crippen molar-refractivity contribution in [3.63, 3.8) is 0 Å². The minimum Gasteiger partial charge on any atom is -0.360 e. The summed E-state index contributed by atoms with van der Waals surface area (Å²) in [6.07, 6.45) is 1.25. The van der Waals surface area contributed by atoms with Gasteiger partial charge in [0.2, 0.25) is 0 Å². The van der Waals surface area contributed by atoms with Gasteiger partial charge in [-0.1, -0.05) is 23.8 Å². The van der Waals surface area contributed by atoms with E-state index in [0.717, 1.165) is 5.56 Å². The summed E-state index contributed by atoms with van der Waals surface area (Å²) >= 11 is 0. The van der Waals surface area contributed by atoms with Gasteiger partial charge >= 0.3 is 0 Å². The van der Waals surface area contributed by atoms with Crippen LogP contribution in [0.3, 0.4) is 0 Å². The number of benzene rings is 2. The number of carbonyl (C=O) groups excluding carboxylic acids is 1. The van der Waals surface area contributed by atoms with Crippen molar-refractivity contribution in [3.8, 4) is 6.07 Å². The van der Waals surface area contributed by atoms with Gasteiger partial charge in [-0.25, -0.2) is 4.39 Å². The zero-order valence-electron chi connectivity index (χ0n) is 11.9. The van der Waals surface area contributed by atoms with Gasteiger partial charge in [0.25, 0.3) is 5.91 Å². The minimum absolute atomic E-state index is 0.107. The van der Waals surface area contributed by atoms with Gasteiger partial charge in [-0.2, -0.15) is 5.26 Å². The average Bonchev–Trinajstić information content (AvgIpc) is 2.50. The van der Waals surface area contributed by atoms with Crippen LogP contribution in [0.5, 0.6) is 0 Å². The predicted molar refractivity (Wildman–Crippen MR) is 83.5 cm³/mol. The smallest absolute Gasteiger partial charge is 0.267 e. The van der Waals surface area contributed by atoms with E-state index in [1.54, 1.807) is 18.2 Å². The van der Waals surface area contributed by atoms with Gasteiger partial charge in [-0.3, -0.25) is 4.79 Å². The molecule has 0 bridgehead atoms. The Labute approximate surface area is 127 Å². The largest absolute Gasteiger partial charge is 0.360 e. The number of rotatable bonds is 4. The van der Waals surface area contributed by atoms with E-state index < -0.39 is 11.7 Å². The number of hydrogen-bond acceptors (Lipinski definition) is 3. The van der Waals surface area contributed by atoms with Crippen molar-refractivity contribution in [2.45, 2.75) is 6.92 Å². The Morgan fingerprint density at radius 2 is 1.91 bits per heavy atom. The fourth-order valence-corrected chi connectivity index (χ4v) is 1.72. The second-order valence-corrected chi connectivity index (χ2v) is 4.64. The Morgan fingerprint density at radius 3 is 2.55 bits per heavy atom. The summed E-state index contributed by atoms with van der Waals surface area (Å²) in [5.41, 5.74) is 2.02. The summed E-state index contributed by atoms with van der Waals surface area (Å²) in [6, 6.07) is 14.8. The van der Waals surface area contributed by atoms with Gasteiger partial charge in [0.05, 0.1) is 0 Å². The number of amides is 1. The van der Waals surface area contributed by atoms with Crippen LogP contribution in [-0.2, 0) is 4.79 Å². The van der Waals surface area contributed by atoms with Gasteiger partial charge in [-0.15, -0.1) is 0 Å². The number of halogens is 1. The lowest BCUT2D eigenvalue weighted by molar-refractivity contribution is -0.112. The summed E-state index contributed by atoms with van der Waals surface area (Å²) in [4.78, 5) is 12.0. The molecule has 5 heteroatoms. The molecule has 0 spiro atoms. The molecule has 0 aliphatic heterocycles. The van der Waals surface area contributed by atoms with Crippen molar-refractivity contribution in [3.05, 3.63) is 71.7 Å². The van der Waals surface area contributed by atoms with Crippen LogP contribution in [0.1, 0.15) is 5.56 Å². The Kier molecular flexibility index (Phi) is 4.89. The highest BCUT2D eigenvalue weighted by Crippen LogP contribution is 2.12. The van der Waals surface area contributed by atoms with Gasteiger partial charge in [0.15, 0.2) is 0 Å². The minimum atomic E-state index is -0.532. The van der Waals surface area contributed by atoms with Crippen LogP contribution in [0.25, 0.3) is 0 Å². The van der Waals surface area contributed by atoms with Crippen LogP contribution in [0.15, 0.2) is 60.3 Å². The lowest BCUT2D eigenvalue weighted by atomic mass is 10.2. The highest BCUT2D eigenvalue weighted by atomic mass is 19.1. The molecule has 2 rings (SSSR count). The first-order valence-electron chi connectivity index (χ1n) is 6.59. The number of anilines is 2. The van der Waals surface area contributed by atoms with E-state index in [1.807, 2.05) is 25.1 Å². The first-order chi connectivity index (χ1) is 10.6. The summed E-state index contributed by atoms with van der Waals surface area (Å²) in [7, 11) is 0. The molecule has 1 amide bonds. The van der Waals surface area contributed by atoms with Crippen molar-refractivity contribution < 1.29 is 9.18 Å². The molecule has 2 aromatic carbocycles. The van der Waals surface area contributed by atoms with E-state index in [2.05, 4.69) is 10.6 Å². The lowest BCUT2D eigenvalue weighted by Crippen LogP contribution is -2.14. The van der Waals surface area contributed by atoms with E-state index >= 15 is 0 Å². The highest BCUT2D eigenvalue weighted by molar-refractivity contribution is 6.06. The van der Waals surface area contributed by atoms with Crippen molar-refractivity contribution >= 4 is 17.3 Å². The first kappa shape index (κ1) is 15.3. The zero-order chi connectivity index (χ0) is 15.9. The van der Waals surface area contributed by atoms with Gasteiger partial charge < -0.3 is 10.6 Å². The number of hydrogen-bond donors (Lipinski definition) is 2. The summed E-state index contributed by atoms with van der Waals surface area (Å²) in [5, 5.41) is 14.4. The van der Waals surface area contributed by atoms with E-state index in [1.165, 1.54) is 24.4 Å². The molecule has 0 aliphatic carbocycles. The molecule has 0 heterocycles. The molecular weight excluding hydrogens is 281 g/mol. The van der Waals surface area contributed by atoms with Crippen LogP contribution in [0.4, 0.5) is 15.8 Å². The molecule has 0 radical (unpaired) electrons. The molecule has 2 N–H and O–H groups in total. The Hall–Kier alpha value is -3.13. The van der Waals surface area contributed by atoms with Crippen LogP contribution < -0.4 is 10.6 Å². The maximum atomic E-state index is 13.0. The molecule has 0 saturated carbocycles. The quantitative estimate of drug-likeness (QED) is 0.669. The third-order valence-corrected chi connectivity index (χ3v) is 2.88. The second-order valence-electron chi connectivity index (χ2n) is 4.64. The average molecular weight is 295 g/mol. The molecule has 0 saturated heterocycles. The summed E-state index contributed by atoms with van der Waals surface area (Å²) in [5.74, 6) is -0.934. The molecule has 0 fully saturated rings. The second kappa shape index (κ2) is 7.04. The van der Waals surface area contributed by atoms with Crippen molar-refractivity contribution in [2.24, 2.45) is 0 Å². The summed E-state index contributed by atoms with van der Waals surface area (Å²) in [6.45, 7) is 1.94. The van der Waals surface area contributed by atoms with Crippen molar-refractivity contribution in [1.29, 1.82) is 5.26 Å². The molecule has 2 aromatic rings. The molecule has 0 aromatic heterocycles. The fourth-order valence-electron chi connectivity index (χ4n) is 1.72. The molecule has 0 unspecified atom stereocenters. The van der Waals surface area contributed by atoms with Crippen molar-refractivity contribution in [2.75, 3.05) is 10.6 Å². The van der Waals surface area contributed by atoms with Crippen LogP contribution in [-0.4, -0.2) is 5.91 Å². The third kappa shape index (κ3) is 4.18. The molecule has 22 heavy (non-hydrogen) atoms. The molecule has 0 aliphatic rings. The van der Waals surface area contributed by atoms with Crippen LogP contribution in [0, 0.1) is 24.1 Å². The molecule has 110 valence electrons. The Morgan fingerprint density at radius 1 is 1.18 bits per heavy atom. The van der Waals surface area contributed by atoms with E-state index in [9.17, 15) is 9.18 Å². The highest BCUT2D eigenvalue weighted by Gasteiger charge is 2.09. The van der Waals surface area contributed by atoms with E-state index in [0.29, 0.717) is 11.4 Å². The number of aryl methyl sites for hydroxylation is 1. The van der Waals surface area contributed by atoms with Crippen LogP contribution >= 0.6 is 0 Å². The van der Waals surface area contributed by atoms with E-state index in [-0.39, 0.29) is 5.57 Å². The number of nitriles is 1. The fraction of sp³-hybridized carbons (Fsp3) is 0.0588. The van der Waals surface area contributed by atoms with Gasteiger partial charge in [0, 0.05) is 17.6 Å². The maximum absolute atomic E-state index is 13.0. The lowest BCUT2D eigenvalue weighted by Gasteiger charge is -2.05. The van der Waals surface area contributed by atoms with E-state index in [4.69, 9.17) is 5.26 Å². The maximum Gasteiger partial charge on any atom is 0.267 e. The van der Waals surface area contributed by atoms with Crippen molar-refractivity contribution in [1.82, 2.24) is 0 Å². The Balaban J connectivity index is 2.07. The monoisotopic (exact) mass is 295 g/mol. The standard InChI is InChI=1S/C17H14FN3O/c1-12-5-7-15(8-6-12)21-17(22)13(10-19)11-20-16-4-2-3-14(18)9-16/h2-9,11,20H,1H3,(H,21,22)/b13-11-. The number of nitrogens with zero attached hydrogens (tertiary/aromatic N) is 1. The molecule has 4 nitrogen and oxygen atoms in total. The summed E-state index contributed by atoms with van der Waals surface area (Å²) < 4.78 is 13.0. The third-order valence-electron chi connectivity index (χ3n) is 2.88. The first-order valence-corrected chi connectivity index (χ1v) is 6.59. The van der Waals surface area contributed by atoms with Gasteiger partial charge in [0.1, 0.15) is 17.5 Å². The van der Waals surface area contributed by atoms with Crippen LogP contribution in [0.2, 0.25) is 0 Å². The number of nitrogens with one attached hydrogen (secondary N) is 2. The molecular formula is C17H14FN3O. The SMILES string of the molecule is Cc1ccc(NC(=O)/C(C#N)=C\Nc2cccc(F)c2)cc1. The Bertz CT molecular complexity index is 745.